The van der Waals surface area contributed by atoms with Crippen molar-refractivity contribution in [2.24, 2.45) is 0 Å². The number of nitro groups is 1. The Morgan fingerprint density at radius 3 is 2.46 bits per heavy atom. The van der Waals surface area contributed by atoms with Crippen molar-refractivity contribution < 1.29 is 27.6 Å². The van der Waals surface area contributed by atoms with Crippen molar-refractivity contribution >= 4 is 38.1 Å². The molecule has 0 unspecified atom stereocenters. The molecule has 1 amide bonds. The highest BCUT2D eigenvalue weighted by Crippen LogP contribution is 2.35. The Balaban J connectivity index is 1.74. The number of methoxy groups -OCH3 is 1. The van der Waals surface area contributed by atoms with Crippen molar-refractivity contribution in [3.8, 4) is 11.5 Å². The number of nitrogens with zero attached hydrogens (tertiary/aromatic N) is 2. The zero-order valence-electron chi connectivity index (χ0n) is 19.6. The van der Waals surface area contributed by atoms with Gasteiger partial charge in [-0.1, -0.05) is 37.3 Å². The second-order valence-corrected chi connectivity index (χ2v) is 9.60. The van der Waals surface area contributed by atoms with Gasteiger partial charge >= 0.3 is 0 Å². The molecule has 0 saturated heterocycles. The highest BCUT2D eigenvalue weighted by atomic mass is 32.2. The molecule has 186 valence electrons. The van der Waals surface area contributed by atoms with E-state index in [2.05, 4.69) is 5.32 Å². The summed E-state index contributed by atoms with van der Waals surface area (Å²) in [5.41, 5.74) is -0.410. The van der Waals surface area contributed by atoms with E-state index in [1.54, 1.807) is 6.92 Å². The van der Waals surface area contributed by atoms with Crippen LogP contribution < -0.4 is 19.1 Å². The standard InChI is InChI=1S/C24H27N3O7S/c1-4-21(26(35(3,31)32)22-16-19(27(29)30)10-12-23(22)33-2)24(28)25-13-14-34-20-11-9-17-7-5-6-8-18(17)15-20/h5-12,15-16,21H,4,13-14H2,1-3H3,(H,25,28)/t21-/m1/s1. The molecule has 0 aliphatic rings. The minimum absolute atomic E-state index is 0.0846. The van der Waals surface area contributed by atoms with Crippen molar-refractivity contribution in [2.45, 2.75) is 19.4 Å². The van der Waals surface area contributed by atoms with Gasteiger partial charge in [-0.3, -0.25) is 19.2 Å². The largest absolute Gasteiger partial charge is 0.495 e. The summed E-state index contributed by atoms with van der Waals surface area (Å²) in [7, 11) is -2.69. The summed E-state index contributed by atoms with van der Waals surface area (Å²) >= 11 is 0. The maximum absolute atomic E-state index is 13.0. The molecule has 10 nitrogen and oxygen atoms in total. The molecule has 0 aliphatic heterocycles. The van der Waals surface area contributed by atoms with Crippen molar-refractivity contribution in [1.29, 1.82) is 0 Å². The molecule has 0 spiro atoms. The van der Waals surface area contributed by atoms with Gasteiger partial charge in [-0.05, 0) is 35.4 Å². The molecule has 3 aromatic rings. The third kappa shape index (κ3) is 6.18. The topological polar surface area (TPSA) is 128 Å². The molecule has 0 aliphatic carbocycles. The number of non-ortho nitro benzene ring substituents is 1. The van der Waals surface area contributed by atoms with Gasteiger partial charge in [-0.25, -0.2) is 8.42 Å². The molecule has 0 saturated carbocycles. The van der Waals surface area contributed by atoms with Crippen LogP contribution in [0.2, 0.25) is 0 Å². The number of carbonyl (C=O) groups is 1. The van der Waals surface area contributed by atoms with Crippen LogP contribution >= 0.6 is 0 Å². The molecule has 0 aromatic heterocycles. The number of hydrogen-bond donors (Lipinski definition) is 1. The molecule has 0 fully saturated rings. The predicted octanol–water partition coefficient (Wildman–Crippen LogP) is 3.50. The van der Waals surface area contributed by atoms with E-state index >= 15 is 0 Å². The van der Waals surface area contributed by atoms with Crippen molar-refractivity contribution in [3.05, 3.63) is 70.8 Å². The average Bonchev–Trinajstić information content (AvgIpc) is 2.83. The molecule has 11 heteroatoms. The van der Waals surface area contributed by atoms with Crippen LogP contribution in [0.5, 0.6) is 11.5 Å². The lowest BCUT2D eigenvalue weighted by Gasteiger charge is -2.30. The smallest absolute Gasteiger partial charge is 0.271 e. The predicted molar refractivity (Wildman–Crippen MR) is 134 cm³/mol. The molecule has 0 radical (unpaired) electrons. The lowest BCUT2D eigenvalue weighted by molar-refractivity contribution is -0.384. The van der Waals surface area contributed by atoms with Crippen LogP contribution in [-0.4, -0.2) is 51.8 Å². The number of fused-ring (bicyclic) bond motifs is 1. The minimum Gasteiger partial charge on any atom is -0.495 e. The minimum atomic E-state index is -4.01. The molecular formula is C24H27N3O7S. The van der Waals surface area contributed by atoms with Gasteiger partial charge in [0.25, 0.3) is 5.69 Å². The van der Waals surface area contributed by atoms with Gasteiger partial charge in [0.05, 0.1) is 24.8 Å². The Hall–Kier alpha value is -3.86. The lowest BCUT2D eigenvalue weighted by Crippen LogP contribution is -2.50. The maximum atomic E-state index is 13.0. The quantitative estimate of drug-likeness (QED) is 0.242. The van der Waals surface area contributed by atoms with E-state index in [1.807, 2.05) is 42.5 Å². The number of sulfonamides is 1. The number of anilines is 1. The van der Waals surface area contributed by atoms with Gasteiger partial charge in [0.1, 0.15) is 29.8 Å². The summed E-state index contributed by atoms with van der Waals surface area (Å²) in [5, 5.41) is 16.1. The van der Waals surface area contributed by atoms with E-state index < -0.39 is 26.9 Å². The van der Waals surface area contributed by atoms with E-state index in [9.17, 15) is 23.3 Å². The highest BCUT2D eigenvalue weighted by molar-refractivity contribution is 7.92. The second kappa shape index (κ2) is 11.0. The molecular weight excluding hydrogens is 474 g/mol. The Kier molecular flexibility index (Phi) is 8.13. The summed E-state index contributed by atoms with van der Waals surface area (Å²) in [6.07, 6.45) is 1.06. The average molecular weight is 502 g/mol. The van der Waals surface area contributed by atoms with Crippen LogP contribution in [0.1, 0.15) is 13.3 Å². The van der Waals surface area contributed by atoms with Gasteiger partial charge in [-0.2, -0.15) is 0 Å². The van der Waals surface area contributed by atoms with Gasteiger partial charge in [0.2, 0.25) is 15.9 Å². The van der Waals surface area contributed by atoms with Gasteiger partial charge < -0.3 is 14.8 Å². The Morgan fingerprint density at radius 2 is 1.83 bits per heavy atom. The number of amides is 1. The summed E-state index contributed by atoms with van der Waals surface area (Å²) in [5.74, 6) is 0.171. The van der Waals surface area contributed by atoms with Crippen molar-refractivity contribution in [2.75, 3.05) is 30.8 Å². The van der Waals surface area contributed by atoms with E-state index in [1.165, 1.54) is 19.2 Å². The van der Waals surface area contributed by atoms with E-state index in [4.69, 9.17) is 9.47 Å². The monoisotopic (exact) mass is 501 g/mol. The first-order valence-corrected chi connectivity index (χ1v) is 12.7. The fourth-order valence-electron chi connectivity index (χ4n) is 3.72. The maximum Gasteiger partial charge on any atom is 0.271 e. The van der Waals surface area contributed by atoms with Crippen LogP contribution in [-0.2, 0) is 14.8 Å². The zero-order valence-corrected chi connectivity index (χ0v) is 20.4. The first-order valence-electron chi connectivity index (χ1n) is 10.9. The Bertz CT molecular complexity index is 1330. The molecule has 0 bridgehead atoms. The van der Waals surface area contributed by atoms with Gasteiger partial charge in [-0.15, -0.1) is 0 Å². The zero-order chi connectivity index (χ0) is 25.6. The van der Waals surface area contributed by atoms with Crippen LogP contribution in [0, 0.1) is 10.1 Å². The number of ether oxygens (including phenoxy) is 2. The van der Waals surface area contributed by atoms with Crippen LogP contribution in [0.25, 0.3) is 10.8 Å². The molecule has 1 atom stereocenters. The number of nitrogens with one attached hydrogen (secondary N) is 1. The lowest BCUT2D eigenvalue weighted by atomic mass is 10.1. The van der Waals surface area contributed by atoms with Crippen LogP contribution in [0.3, 0.4) is 0 Å². The van der Waals surface area contributed by atoms with E-state index in [0.717, 1.165) is 27.4 Å². The summed E-state index contributed by atoms with van der Waals surface area (Å²) in [6, 6.07) is 15.9. The fraction of sp³-hybridized carbons (Fsp3) is 0.292. The first kappa shape index (κ1) is 25.8. The SMILES string of the molecule is CC[C@H](C(=O)NCCOc1ccc2ccccc2c1)N(c1cc([N+](=O)[O-])ccc1OC)S(C)(=O)=O. The summed E-state index contributed by atoms with van der Waals surface area (Å²) in [6.45, 7) is 1.95. The third-order valence-electron chi connectivity index (χ3n) is 5.33. The second-order valence-electron chi connectivity index (χ2n) is 7.74. The Labute approximate surface area is 203 Å². The number of benzene rings is 3. The number of nitro benzene ring substituents is 1. The van der Waals surface area contributed by atoms with E-state index in [-0.39, 0.29) is 36.7 Å². The van der Waals surface area contributed by atoms with Gasteiger partial charge in [0.15, 0.2) is 0 Å². The first-order chi connectivity index (χ1) is 16.7. The van der Waals surface area contributed by atoms with Gasteiger partial charge in [0, 0.05) is 12.1 Å². The summed E-state index contributed by atoms with van der Waals surface area (Å²) in [4.78, 5) is 23.6. The van der Waals surface area contributed by atoms with Crippen LogP contribution in [0.15, 0.2) is 60.7 Å². The summed E-state index contributed by atoms with van der Waals surface area (Å²) < 4.78 is 37.2. The van der Waals surface area contributed by atoms with Crippen LogP contribution in [0.4, 0.5) is 11.4 Å². The molecule has 3 rings (SSSR count). The number of hydrogen-bond acceptors (Lipinski definition) is 7. The highest BCUT2D eigenvalue weighted by Gasteiger charge is 2.34. The molecule has 1 N–H and O–H groups in total. The molecule has 3 aromatic carbocycles. The van der Waals surface area contributed by atoms with Crippen molar-refractivity contribution in [1.82, 2.24) is 5.32 Å². The molecule has 0 heterocycles. The normalized spacial score (nSPS) is 12.1. The number of rotatable bonds is 11. The Morgan fingerprint density at radius 1 is 1.11 bits per heavy atom. The number of carbonyl (C=O) groups excluding carboxylic acids is 1. The molecule has 35 heavy (non-hydrogen) atoms. The fourth-order valence-corrected chi connectivity index (χ4v) is 4.92. The van der Waals surface area contributed by atoms with E-state index in [0.29, 0.717) is 5.75 Å². The third-order valence-corrected chi connectivity index (χ3v) is 6.50. The van der Waals surface area contributed by atoms with Crippen molar-refractivity contribution in [3.63, 3.8) is 0 Å².